The lowest BCUT2D eigenvalue weighted by molar-refractivity contribution is 0.0202. The number of benzene rings is 2. The van der Waals surface area contributed by atoms with Gasteiger partial charge in [-0.3, -0.25) is 4.79 Å². The highest BCUT2D eigenvalue weighted by Gasteiger charge is 2.28. The first-order valence-electron chi connectivity index (χ1n) is 14.7. The average Bonchev–Trinajstić information content (AvgIpc) is 2.96. The first kappa shape index (κ1) is 32.9. The van der Waals surface area contributed by atoms with Crippen LogP contribution in [0.15, 0.2) is 54.6 Å². The van der Waals surface area contributed by atoms with Crippen molar-refractivity contribution in [1.29, 1.82) is 0 Å². The summed E-state index contributed by atoms with van der Waals surface area (Å²) in [5.74, 6) is 0.409. The number of carbonyl (C=O) groups excluding carboxylic acids is 3. The first-order valence-corrected chi connectivity index (χ1v) is 14.7. The smallest absolute Gasteiger partial charge is 0.410 e. The predicted octanol–water partition coefficient (Wildman–Crippen LogP) is 6.82. The van der Waals surface area contributed by atoms with Crippen molar-refractivity contribution in [3.05, 3.63) is 76.9 Å². The number of hydrogen-bond donors (Lipinski definition) is 1. The second-order valence-electron chi connectivity index (χ2n) is 12.7. The maximum atomic E-state index is 12.0. The van der Waals surface area contributed by atoms with Crippen LogP contribution in [0.5, 0.6) is 0 Å². The van der Waals surface area contributed by atoms with Crippen molar-refractivity contribution in [2.75, 3.05) is 26.2 Å². The molecule has 0 saturated carbocycles. The van der Waals surface area contributed by atoms with E-state index in [-0.39, 0.29) is 18.8 Å². The minimum atomic E-state index is -0.481. The molecule has 0 spiro atoms. The number of aliphatic hydroxyl groups excluding tert-OH is 1. The molecular weight excluding hydrogens is 532 g/mol. The molecular formula is C34H46N2O6. The molecule has 2 aliphatic rings. The SMILES string of the molecule is CC(C)(C)OC(=O)N1CC=C(c2ccccc2C=O)CC1.CC(C)(C)OC(=O)N1CCC(c2ccccc2CO)CC1. The molecule has 0 aliphatic carbocycles. The number of aliphatic hydroxyl groups is 1. The van der Waals surface area contributed by atoms with E-state index >= 15 is 0 Å². The molecule has 0 atom stereocenters. The Balaban J connectivity index is 0.000000230. The maximum Gasteiger partial charge on any atom is 0.410 e. The van der Waals surface area contributed by atoms with E-state index in [4.69, 9.17) is 9.47 Å². The quantitative estimate of drug-likeness (QED) is 0.400. The molecule has 1 saturated heterocycles. The third-order valence-corrected chi connectivity index (χ3v) is 7.11. The van der Waals surface area contributed by atoms with Gasteiger partial charge in [0.15, 0.2) is 6.29 Å². The maximum absolute atomic E-state index is 12.0. The molecule has 42 heavy (non-hydrogen) atoms. The summed E-state index contributed by atoms with van der Waals surface area (Å²) in [5, 5.41) is 9.43. The summed E-state index contributed by atoms with van der Waals surface area (Å²) in [4.78, 5) is 38.6. The number of amides is 2. The Morgan fingerprint density at radius 2 is 1.43 bits per heavy atom. The van der Waals surface area contributed by atoms with E-state index in [9.17, 15) is 19.5 Å². The largest absolute Gasteiger partial charge is 0.444 e. The molecule has 0 bridgehead atoms. The molecule has 0 unspecified atom stereocenters. The third kappa shape index (κ3) is 9.72. The molecule has 2 aromatic rings. The van der Waals surface area contributed by atoms with Gasteiger partial charge in [0.1, 0.15) is 11.2 Å². The second kappa shape index (κ2) is 14.5. The van der Waals surface area contributed by atoms with Crippen molar-refractivity contribution in [2.45, 2.75) is 84.5 Å². The van der Waals surface area contributed by atoms with Gasteiger partial charge < -0.3 is 24.4 Å². The number of carbonyl (C=O) groups is 3. The summed E-state index contributed by atoms with van der Waals surface area (Å²) in [7, 11) is 0. The van der Waals surface area contributed by atoms with Gasteiger partial charge in [0.25, 0.3) is 0 Å². The zero-order valence-corrected chi connectivity index (χ0v) is 25.9. The lowest BCUT2D eigenvalue weighted by Crippen LogP contribution is -2.41. The highest BCUT2D eigenvalue weighted by molar-refractivity contribution is 5.86. The van der Waals surface area contributed by atoms with Gasteiger partial charge in [-0.05, 0) is 89.0 Å². The zero-order chi connectivity index (χ0) is 30.9. The minimum absolute atomic E-state index is 0.0719. The van der Waals surface area contributed by atoms with Crippen LogP contribution in [-0.2, 0) is 16.1 Å². The molecule has 1 fully saturated rings. The van der Waals surface area contributed by atoms with Crippen molar-refractivity contribution >= 4 is 24.0 Å². The number of hydrogen-bond acceptors (Lipinski definition) is 6. The number of likely N-dealkylation sites (tertiary alicyclic amines) is 1. The number of rotatable bonds is 4. The third-order valence-electron chi connectivity index (χ3n) is 7.11. The van der Waals surface area contributed by atoms with E-state index in [2.05, 4.69) is 6.07 Å². The van der Waals surface area contributed by atoms with Gasteiger partial charge in [-0.15, -0.1) is 0 Å². The summed E-state index contributed by atoms with van der Waals surface area (Å²) in [6.07, 6.45) is 4.90. The van der Waals surface area contributed by atoms with Gasteiger partial charge in [0.2, 0.25) is 0 Å². The van der Waals surface area contributed by atoms with Crippen molar-refractivity contribution in [2.24, 2.45) is 0 Å². The fourth-order valence-corrected chi connectivity index (χ4v) is 5.07. The van der Waals surface area contributed by atoms with Crippen molar-refractivity contribution in [3.63, 3.8) is 0 Å². The zero-order valence-electron chi connectivity index (χ0n) is 25.9. The normalized spacial score (nSPS) is 16.1. The van der Waals surface area contributed by atoms with Gasteiger partial charge in [0.05, 0.1) is 6.61 Å². The summed E-state index contributed by atoms with van der Waals surface area (Å²) in [6.45, 7) is 13.8. The minimum Gasteiger partial charge on any atom is -0.444 e. The Labute approximate surface area is 250 Å². The van der Waals surface area contributed by atoms with Gasteiger partial charge in [-0.25, -0.2) is 9.59 Å². The topological polar surface area (TPSA) is 96.4 Å². The Kier molecular flexibility index (Phi) is 11.3. The van der Waals surface area contributed by atoms with Crippen molar-refractivity contribution in [3.8, 4) is 0 Å². The van der Waals surface area contributed by atoms with E-state index in [0.717, 1.165) is 42.2 Å². The molecule has 2 aromatic carbocycles. The Hall–Kier alpha value is -3.65. The second-order valence-corrected chi connectivity index (χ2v) is 12.7. The predicted molar refractivity (Wildman–Crippen MR) is 164 cm³/mol. The highest BCUT2D eigenvalue weighted by Crippen LogP contribution is 2.31. The number of ether oxygens (including phenoxy) is 2. The van der Waals surface area contributed by atoms with Crippen LogP contribution in [0, 0.1) is 0 Å². The van der Waals surface area contributed by atoms with Crippen LogP contribution in [-0.4, -0.2) is 70.8 Å². The first-order chi connectivity index (χ1) is 19.8. The molecule has 228 valence electrons. The molecule has 0 radical (unpaired) electrons. The number of piperidine rings is 1. The van der Waals surface area contributed by atoms with Crippen LogP contribution in [0.1, 0.15) is 93.8 Å². The van der Waals surface area contributed by atoms with Crippen LogP contribution >= 0.6 is 0 Å². The fourth-order valence-electron chi connectivity index (χ4n) is 5.07. The Morgan fingerprint density at radius 3 is 1.98 bits per heavy atom. The molecule has 1 N–H and O–H groups in total. The summed E-state index contributed by atoms with van der Waals surface area (Å²) in [5.41, 5.74) is 4.03. The van der Waals surface area contributed by atoms with E-state index < -0.39 is 11.2 Å². The average molecular weight is 579 g/mol. The molecule has 8 heteroatoms. The lowest BCUT2D eigenvalue weighted by Gasteiger charge is -2.34. The van der Waals surface area contributed by atoms with E-state index in [1.165, 1.54) is 5.56 Å². The van der Waals surface area contributed by atoms with E-state index in [0.29, 0.717) is 37.7 Å². The van der Waals surface area contributed by atoms with E-state index in [1.54, 1.807) is 9.80 Å². The van der Waals surface area contributed by atoms with Crippen molar-refractivity contribution in [1.82, 2.24) is 9.80 Å². The molecule has 0 aromatic heterocycles. The highest BCUT2D eigenvalue weighted by atomic mass is 16.6. The van der Waals surface area contributed by atoms with E-state index in [1.807, 2.05) is 90.1 Å². The van der Waals surface area contributed by atoms with Gasteiger partial charge >= 0.3 is 12.2 Å². The monoisotopic (exact) mass is 578 g/mol. The van der Waals surface area contributed by atoms with Crippen LogP contribution < -0.4 is 0 Å². The molecule has 2 amide bonds. The standard InChI is InChI=1S/C17H25NO3.C17H21NO3/c2*1-17(2,3)21-16(20)18-10-8-13(9-11-18)15-7-5-4-6-14(15)12-19/h4-7,13,19H,8-12H2,1-3H3;4-8,12H,9-11H2,1-3H3. The van der Waals surface area contributed by atoms with Crippen molar-refractivity contribution < 1.29 is 29.0 Å². The van der Waals surface area contributed by atoms with Crippen LogP contribution in [0.4, 0.5) is 9.59 Å². The lowest BCUT2D eigenvalue weighted by atomic mass is 9.87. The summed E-state index contributed by atoms with van der Waals surface area (Å²) >= 11 is 0. The van der Waals surface area contributed by atoms with Crippen LogP contribution in [0.3, 0.4) is 0 Å². The fraction of sp³-hybridized carbons (Fsp3) is 0.500. The molecule has 2 aliphatic heterocycles. The summed E-state index contributed by atoms with van der Waals surface area (Å²) < 4.78 is 10.8. The molecule has 4 rings (SSSR count). The number of aldehydes is 1. The van der Waals surface area contributed by atoms with Gasteiger partial charge in [0, 0.05) is 31.7 Å². The Morgan fingerprint density at radius 1 is 0.857 bits per heavy atom. The van der Waals surface area contributed by atoms with Crippen LogP contribution in [0.2, 0.25) is 0 Å². The van der Waals surface area contributed by atoms with Gasteiger partial charge in [-0.1, -0.05) is 54.6 Å². The van der Waals surface area contributed by atoms with Gasteiger partial charge in [-0.2, -0.15) is 0 Å². The summed E-state index contributed by atoms with van der Waals surface area (Å²) in [6, 6.07) is 15.5. The number of nitrogens with zero attached hydrogens (tertiary/aromatic N) is 2. The molecule has 8 nitrogen and oxygen atoms in total. The van der Waals surface area contributed by atoms with Crippen LogP contribution in [0.25, 0.3) is 5.57 Å². The molecule has 2 heterocycles. The Bertz CT molecular complexity index is 1250.